The van der Waals surface area contributed by atoms with Crippen molar-refractivity contribution in [3.8, 4) is 33.4 Å². The van der Waals surface area contributed by atoms with E-state index in [1.54, 1.807) is 0 Å². The third-order valence-electron chi connectivity index (χ3n) is 6.27. The summed E-state index contributed by atoms with van der Waals surface area (Å²) in [7, 11) is 0. The minimum atomic E-state index is 1.13. The van der Waals surface area contributed by atoms with Crippen LogP contribution in [0.3, 0.4) is 0 Å². The normalized spacial score (nSPS) is 12.2. The average Bonchev–Trinajstić information content (AvgIpc) is 3.30. The van der Waals surface area contributed by atoms with E-state index in [-0.39, 0.29) is 0 Å². The molecule has 0 radical (unpaired) electrons. The van der Waals surface area contributed by atoms with Crippen LogP contribution < -0.4 is 0 Å². The summed E-state index contributed by atoms with van der Waals surface area (Å²) in [6.07, 6.45) is 0. The summed E-state index contributed by atoms with van der Waals surface area (Å²) in [4.78, 5) is 0. The van der Waals surface area contributed by atoms with E-state index in [4.69, 9.17) is 0 Å². The Hall–Kier alpha value is -2.94. The number of rotatable bonds is 1. The number of halogens is 1. The van der Waals surface area contributed by atoms with E-state index in [1.807, 2.05) is 11.3 Å². The van der Waals surface area contributed by atoms with Crippen molar-refractivity contribution in [1.29, 1.82) is 0 Å². The molecule has 0 amide bonds. The van der Waals surface area contributed by atoms with Crippen molar-refractivity contribution in [2.24, 2.45) is 0 Å². The molecule has 0 atom stereocenters. The SMILES string of the molecule is Brc1ccc2sc3ccc(-c4ccc5c(c4)-c4cccc6cccc-5c46)cc3c2c1. The fourth-order valence-electron chi connectivity index (χ4n) is 4.90. The van der Waals surface area contributed by atoms with Crippen LogP contribution in [-0.4, -0.2) is 0 Å². The summed E-state index contributed by atoms with van der Waals surface area (Å²) in [5, 5.41) is 5.36. The standard InChI is InChI=1S/C28H15BrS/c29-19-9-12-27-25(15-19)24-14-18(8-11-26(24)30-27)17-7-10-20-21-5-1-3-16-4-2-6-22(28(16)21)23(20)13-17/h1-15H. The van der Waals surface area contributed by atoms with Gasteiger partial charge in [0.05, 0.1) is 0 Å². The van der Waals surface area contributed by atoms with Crippen LogP contribution in [0, 0.1) is 0 Å². The molecule has 0 nitrogen and oxygen atoms in total. The maximum atomic E-state index is 3.63. The molecule has 0 spiro atoms. The Morgan fingerprint density at radius 2 is 1.20 bits per heavy atom. The predicted octanol–water partition coefficient (Wildman–Crippen LogP) is 9.28. The molecule has 6 aromatic rings. The molecule has 0 saturated heterocycles. The minimum absolute atomic E-state index is 1.13. The first kappa shape index (κ1) is 16.8. The first-order valence-corrected chi connectivity index (χ1v) is 11.7. The summed E-state index contributed by atoms with van der Waals surface area (Å²) >= 11 is 5.49. The van der Waals surface area contributed by atoms with Gasteiger partial charge < -0.3 is 0 Å². The molecule has 1 aliphatic rings. The fourth-order valence-corrected chi connectivity index (χ4v) is 6.33. The van der Waals surface area contributed by atoms with Gasteiger partial charge in [-0.1, -0.05) is 70.5 Å². The van der Waals surface area contributed by atoms with Crippen LogP contribution in [0.15, 0.2) is 95.5 Å². The molecule has 0 unspecified atom stereocenters. The van der Waals surface area contributed by atoms with Gasteiger partial charge >= 0.3 is 0 Å². The number of fused-ring (bicyclic) bond motifs is 6. The van der Waals surface area contributed by atoms with Gasteiger partial charge in [0, 0.05) is 24.6 Å². The highest BCUT2D eigenvalue weighted by Gasteiger charge is 2.21. The van der Waals surface area contributed by atoms with Gasteiger partial charge in [-0.3, -0.25) is 0 Å². The zero-order valence-electron chi connectivity index (χ0n) is 15.9. The lowest BCUT2D eigenvalue weighted by Crippen LogP contribution is -1.82. The van der Waals surface area contributed by atoms with E-state index >= 15 is 0 Å². The lowest BCUT2D eigenvalue weighted by Gasteiger charge is -2.07. The zero-order chi connectivity index (χ0) is 19.8. The van der Waals surface area contributed by atoms with Gasteiger partial charge in [-0.15, -0.1) is 11.3 Å². The van der Waals surface area contributed by atoms with Gasteiger partial charge in [-0.2, -0.15) is 0 Å². The number of thiophene rings is 1. The average molecular weight is 463 g/mol. The Morgan fingerprint density at radius 1 is 0.533 bits per heavy atom. The second-order valence-corrected chi connectivity index (χ2v) is 9.92. The van der Waals surface area contributed by atoms with Gasteiger partial charge in [0.2, 0.25) is 0 Å². The molecule has 1 aromatic heterocycles. The van der Waals surface area contributed by atoms with Gasteiger partial charge in [-0.25, -0.2) is 0 Å². The van der Waals surface area contributed by atoms with Gasteiger partial charge in [0.1, 0.15) is 0 Å². The maximum absolute atomic E-state index is 3.63. The first-order valence-electron chi connectivity index (χ1n) is 10.0. The Labute approximate surface area is 186 Å². The topological polar surface area (TPSA) is 0 Å². The van der Waals surface area contributed by atoms with Crippen molar-refractivity contribution in [2.45, 2.75) is 0 Å². The molecule has 5 aromatic carbocycles. The summed E-state index contributed by atoms with van der Waals surface area (Å²) in [6.45, 7) is 0. The van der Waals surface area contributed by atoms with E-state index in [0.717, 1.165) is 4.47 Å². The molecular weight excluding hydrogens is 448 g/mol. The lowest BCUT2D eigenvalue weighted by molar-refractivity contribution is 1.65. The van der Waals surface area contributed by atoms with Crippen molar-refractivity contribution in [3.05, 3.63) is 95.5 Å². The summed E-state index contributed by atoms with van der Waals surface area (Å²) in [5.74, 6) is 0. The third kappa shape index (κ3) is 2.26. The molecule has 7 rings (SSSR count). The van der Waals surface area contributed by atoms with Crippen molar-refractivity contribution in [3.63, 3.8) is 0 Å². The summed E-state index contributed by atoms with van der Waals surface area (Å²) in [5.41, 5.74) is 7.94. The van der Waals surface area contributed by atoms with E-state index in [1.165, 1.54) is 64.3 Å². The molecule has 0 saturated carbocycles. The van der Waals surface area contributed by atoms with Crippen LogP contribution in [0.1, 0.15) is 0 Å². The van der Waals surface area contributed by atoms with E-state index in [9.17, 15) is 0 Å². The predicted molar refractivity (Wildman–Crippen MR) is 134 cm³/mol. The molecular formula is C28H15BrS. The fraction of sp³-hybridized carbons (Fsp3) is 0. The summed E-state index contributed by atoms with van der Waals surface area (Å²) in [6, 6.07) is 33.7. The van der Waals surface area contributed by atoms with Crippen LogP contribution in [0.4, 0.5) is 0 Å². The Bertz CT molecular complexity index is 1650. The van der Waals surface area contributed by atoms with Crippen molar-refractivity contribution >= 4 is 58.2 Å². The first-order chi connectivity index (χ1) is 14.8. The largest absolute Gasteiger partial charge is 0.135 e. The van der Waals surface area contributed by atoms with E-state index < -0.39 is 0 Å². The van der Waals surface area contributed by atoms with Gasteiger partial charge in [0.15, 0.2) is 0 Å². The van der Waals surface area contributed by atoms with Gasteiger partial charge in [-0.05, 0) is 80.6 Å². The lowest BCUT2D eigenvalue weighted by atomic mass is 9.96. The van der Waals surface area contributed by atoms with Crippen LogP contribution in [0.5, 0.6) is 0 Å². The highest BCUT2D eigenvalue weighted by Crippen LogP contribution is 2.48. The van der Waals surface area contributed by atoms with E-state index in [2.05, 4.69) is 107 Å². The van der Waals surface area contributed by atoms with Crippen molar-refractivity contribution in [1.82, 2.24) is 0 Å². The monoisotopic (exact) mass is 462 g/mol. The molecule has 30 heavy (non-hydrogen) atoms. The molecule has 140 valence electrons. The molecule has 2 heteroatoms. The van der Waals surface area contributed by atoms with Crippen molar-refractivity contribution < 1.29 is 0 Å². The van der Waals surface area contributed by atoms with Crippen LogP contribution in [-0.2, 0) is 0 Å². The molecule has 0 fully saturated rings. The smallest absolute Gasteiger partial charge is 0.0356 e. The molecule has 0 N–H and O–H groups in total. The Morgan fingerprint density at radius 3 is 2.03 bits per heavy atom. The number of hydrogen-bond acceptors (Lipinski definition) is 1. The molecule has 1 aliphatic carbocycles. The zero-order valence-corrected chi connectivity index (χ0v) is 18.3. The highest BCUT2D eigenvalue weighted by molar-refractivity contribution is 9.10. The second kappa shape index (κ2) is 6.04. The Balaban J connectivity index is 1.46. The number of benzene rings is 5. The Kier molecular flexibility index (Phi) is 3.38. The number of hydrogen-bond donors (Lipinski definition) is 0. The maximum Gasteiger partial charge on any atom is 0.0356 e. The third-order valence-corrected chi connectivity index (χ3v) is 7.91. The van der Waals surface area contributed by atoms with E-state index in [0.29, 0.717) is 0 Å². The second-order valence-electron chi connectivity index (χ2n) is 7.92. The molecule has 1 heterocycles. The van der Waals surface area contributed by atoms with Crippen LogP contribution >= 0.6 is 27.3 Å². The minimum Gasteiger partial charge on any atom is -0.135 e. The highest BCUT2D eigenvalue weighted by atomic mass is 79.9. The van der Waals surface area contributed by atoms with Gasteiger partial charge in [0.25, 0.3) is 0 Å². The van der Waals surface area contributed by atoms with Crippen LogP contribution in [0.25, 0.3) is 64.3 Å². The van der Waals surface area contributed by atoms with Crippen LogP contribution in [0.2, 0.25) is 0 Å². The molecule has 0 aliphatic heterocycles. The quantitative estimate of drug-likeness (QED) is 0.228. The van der Waals surface area contributed by atoms with Crippen molar-refractivity contribution in [2.75, 3.05) is 0 Å². The summed E-state index contributed by atoms with van der Waals surface area (Å²) < 4.78 is 3.80. The molecule has 0 bridgehead atoms.